The molecule has 0 amide bonds. The summed E-state index contributed by atoms with van der Waals surface area (Å²) in [6.45, 7) is 18.2. The van der Waals surface area contributed by atoms with E-state index in [0.29, 0.717) is 0 Å². The van der Waals surface area contributed by atoms with Gasteiger partial charge in [0.05, 0.1) is 11.4 Å². The van der Waals surface area contributed by atoms with E-state index >= 15 is 0 Å². The molecular weight excluding hydrogens is 414 g/mol. The Balaban J connectivity index is -0.000000203. The van der Waals surface area contributed by atoms with E-state index in [4.69, 9.17) is 0 Å². The first-order chi connectivity index (χ1) is 14.6. The van der Waals surface area contributed by atoms with Crippen molar-refractivity contribution in [2.45, 2.75) is 105 Å². The van der Waals surface area contributed by atoms with E-state index in [9.17, 15) is 0 Å². The third-order valence-corrected chi connectivity index (χ3v) is 4.46. The fourth-order valence-corrected chi connectivity index (χ4v) is 3.42. The Labute approximate surface area is 212 Å². The summed E-state index contributed by atoms with van der Waals surface area (Å²) in [7, 11) is 0. The van der Waals surface area contributed by atoms with Crippen LogP contribution in [-0.4, -0.2) is 16.4 Å². The maximum absolute atomic E-state index is 4.51. The Morgan fingerprint density at radius 3 is 1.68 bits per heavy atom. The van der Waals surface area contributed by atoms with E-state index < -0.39 is 0 Å². The molecule has 3 heterocycles. The number of nitrogens with zero attached hydrogens (tertiary/aromatic N) is 2. The number of aromatic amines is 1. The largest absolute Gasteiger partial charge is 0.359 e. The number of benzene rings is 2. The summed E-state index contributed by atoms with van der Waals surface area (Å²) in [6.07, 6.45) is 2.05. The number of hydrogen-bond acceptors (Lipinski definition) is 2. The van der Waals surface area contributed by atoms with E-state index in [1.165, 1.54) is 39.1 Å². The molecule has 2 aromatic carbocycles. The Hall–Kier alpha value is -2.68. The molecule has 0 radical (unpaired) electrons. The first kappa shape index (κ1) is 38.6. The Morgan fingerprint density at radius 1 is 0.618 bits per heavy atom. The van der Waals surface area contributed by atoms with Gasteiger partial charge in [0.25, 0.3) is 0 Å². The van der Waals surface area contributed by atoms with Crippen LogP contribution >= 0.6 is 0 Å². The topological polar surface area (TPSA) is 40.5 Å². The number of aromatic nitrogens is 1. The van der Waals surface area contributed by atoms with Crippen molar-refractivity contribution in [3.05, 3.63) is 59.3 Å². The van der Waals surface area contributed by atoms with Gasteiger partial charge in [0.2, 0.25) is 0 Å². The predicted molar refractivity (Wildman–Crippen MR) is 163 cm³/mol. The molecule has 1 aromatic heterocycles. The zero-order valence-electron chi connectivity index (χ0n) is 20.4. The number of nitrogens with one attached hydrogen (secondary N) is 1. The number of hydrogen-bond donors (Lipinski definition) is 1. The van der Waals surface area contributed by atoms with Gasteiger partial charge in [0.1, 0.15) is 0 Å². The average molecular weight is 470 g/mol. The SMILES string of the molecule is C.C.C.C.CC.CC.CC.CC1=Nc2cc3[nH]c(C)cc3cc2C1.CC1=Nc2ccccc2C1. The van der Waals surface area contributed by atoms with Gasteiger partial charge in [0.15, 0.2) is 0 Å². The summed E-state index contributed by atoms with van der Waals surface area (Å²) in [6, 6.07) is 14.9. The molecule has 0 spiro atoms. The molecule has 194 valence electrons. The highest BCUT2D eigenvalue weighted by molar-refractivity contribution is 5.96. The van der Waals surface area contributed by atoms with Gasteiger partial charge in [-0.3, -0.25) is 9.98 Å². The number of aryl methyl sites for hydroxylation is 1. The van der Waals surface area contributed by atoms with Crippen molar-refractivity contribution in [3.63, 3.8) is 0 Å². The zero-order valence-corrected chi connectivity index (χ0v) is 20.4. The first-order valence-corrected chi connectivity index (χ1v) is 11.4. The lowest BCUT2D eigenvalue weighted by Crippen LogP contribution is -1.88. The lowest BCUT2D eigenvalue weighted by molar-refractivity contribution is 1.30. The van der Waals surface area contributed by atoms with E-state index in [-0.39, 0.29) is 29.7 Å². The van der Waals surface area contributed by atoms with Crippen LogP contribution in [0.4, 0.5) is 11.4 Å². The van der Waals surface area contributed by atoms with Crippen molar-refractivity contribution in [1.29, 1.82) is 0 Å². The fraction of sp³-hybridized carbons (Fsp3) is 0.484. The van der Waals surface area contributed by atoms with Crippen LogP contribution < -0.4 is 0 Å². The Kier molecular flexibility index (Phi) is 22.4. The number of rotatable bonds is 0. The molecule has 2 aliphatic heterocycles. The van der Waals surface area contributed by atoms with Crippen LogP contribution in [0.1, 0.15) is 102 Å². The van der Waals surface area contributed by atoms with Gasteiger partial charge >= 0.3 is 0 Å². The molecule has 3 aromatic rings. The lowest BCUT2D eigenvalue weighted by Gasteiger charge is -1.96. The maximum atomic E-state index is 4.51. The van der Waals surface area contributed by atoms with Crippen molar-refractivity contribution in [2.75, 3.05) is 0 Å². The number of fused-ring (bicyclic) bond motifs is 3. The van der Waals surface area contributed by atoms with Gasteiger partial charge in [-0.25, -0.2) is 0 Å². The molecule has 34 heavy (non-hydrogen) atoms. The molecule has 0 unspecified atom stereocenters. The molecule has 0 aliphatic carbocycles. The van der Waals surface area contributed by atoms with Gasteiger partial charge in [-0.1, -0.05) is 89.4 Å². The quantitative estimate of drug-likeness (QED) is 0.340. The smallest absolute Gasteiger partial charge is 0.0685 e. The highest BCUT2D eigenvalue weighted by atomic mass is 14.8. The molecular formula is C31H55N3. The monoisotopic (exact) mass is 469 g/mol. The third-order valence-electron chi connectivity index (χ3n) is 4.46. The molecule has 0 fully saturated rings. The predicted octanol–water partition coefficient (Wildman–Crippen LogP) is 11.1. The van der Waals surface area contributed by atoms with Crippen molar-refractivity contribution in [2.24, 2.45) is 9.98 Å². The Morgan fingerprint density at radius 2 is 1.12 bits per heavy atom. The summed E-state index contributed by atoms with van der Waals surface area (Å²) in [5.74, 6) is 0. The van der Waals surface area contributed by atoms with Crippen LogP contribution in [0.15, 0.2) is 52.4 Å². The highest BCUT2D eigenvalue weighted by Crippen LogP contribution is 2.31. The van der Waals surface area contributed by atoms with E-state index in [2.05, 4.69) is 72.1 Å². The van der Waals surface area contributed by atoms with Gasteiger partial charge < -0.3 is 4.98 Å². The lowest BCUT2D eigenvalue weighted by atomic mass is 10.1. The normalized spacial score (nSPS) is 10.9. The molecule has 3 heteroatoms. The summed E-state index contributed by atoms with van der Waals surface area (Å²) >= 11 is 0. The minimum Gasteiger partial charge on any atom is -0.359 e. The summed E-state index contributed by atoms with van der Waals surface area (Å²) < 4.78 is 0. The summed E-state index contributed by atoms with van der Waals surface area (Å²) in [5, 5.41) is 1.30. The Bertz CT molecular complexity index is 991. The molecule has 0 atom stereocenters. The average Bonchev–Trinajstić information content (AvgIpc) is 3.44. The van der Waals surface area contributed by atoms with Crippen LogP contribution in [0.2, 0.25) is 0 Å². The minimum atomic E-state index is 0. The molecule has 0 bridgehead atoms. The van der Waals surface area contributed by atoms with Gasteiger partial charge in [-0.05, 0) is 56.2 Å². The van der Waals surface area contributed by atoms with E-state index in [1.807, 2.05) is 47.6 Å². The number of aliphatic imine (C=N–C) groups is 2. The van der Waals surface area contributed by atoms with Crippen LogP contribution in [0, 0.1) is 6.92 Å². The summed E-state index contributed by atoms with van der Waals surface area (Å²) in [4.78, 5) is 12.2. The first-order valence-electron chi connectivity index (χ1n) is 11.4. The molecule has 3 nitrogen and oxygen atoms in total. The molecule has 0 saturated carbocycles. The van der Waals surface area contributed by atoms with Crippen molar-refractivity contribution in [3.8, 4) is 0 Å². The van der Waals surface area contributed by atoms with Crippen molar-refractivity contribution in [1.82, 2.24) is 4.98 Å². The van der Waals surface area contributed by atoms with Gasteiger partial charge in [-0.15, -0.1) is 0 Å². The fourth-order valence-electron chi connectivity index (χ4n) is 3.42. The number of para-hydroxylation sites is 1. The second-order valence-corrected chi connectivity index (χ2v) is 6.70. The van der Waals surface area contributed by atoms with Gasteiger partial charge in [0, 0.05) is 40.9 Å². The van der Waals surface area contributed by atoms with Crippen LogP contribution in [0.5, 0.6) is 0 Å². The second-order valence-electron chi connectivity index (χ2n) is 6.70. The highest BCUT2D eigenvalue weighted by Gasteiger charge is 2.12. The molecule has 2 aliphatic rings. The molecule has 5 rings (SSSR count). The van der Waals surface area contributed by atoms with Crippen LogP contribution in [-0.2, 0) is 12.8 Å². The van der Waals surface area contributed by atoms with Crippen LogP contribution in [0.25, 0.3) is 10.9 Å². The van der Waals surface area contributed by atoms with Crippen molar-refractivity contribution >= 4 is 33.7 Å². The van der Waals surface area contributed by atoms with Crippen molar-refractivity contribution < 1.29 is 0 Å². The van der Waals surface area contributed by atoms with Gasteiger partial charge in [-0.2, -0.15) is 0 Å². The van der Waals surface area contributed by atoms with Crippen LogP contribution in [0.3, 0.4) is 0 Å². The maximum Gasteiger partial charge on any atom is 0.0685 e. The van der Waals surface area contributed by atoms with E-state index in [0.717, 1.165) is 24.2 Å². The molecule has 0 saturated heterocycles. The standard InChI is InChI=1S/C12H12N2.C9H9N.3C2H6.4CH4/c1-7-3-9-5-10-4-8(2)14-12(10)6-11(9)13-7;1-7-6-8-4-2-3-5-9(8)10-7;3*1-2;;;;/h3,5-6,13H,4H2,1-2H3;2-5H,6H2,1H3;3*1-2H3;4*1H4. The second kappa shape index (κ2) is 19.8. The summed E-state index contributed by atoms with van der Waals surface area (Å²) in [5.41, 5.74) is 9.85. The molecule has 1 N–H and O–H groups in total. The number of H-pyrrole nitrogens is 1. The third kappa shape index (κ3) is 10.1. The zero-order chi connectivity index (χ0) is 22.7. The minimum absolute atomic E-state index is 0. The van der Waals surface area contributed by atoms with E-state index in [1.54, 1.807) is 0 Å².